The van der Waals surface area contributed by atoms with Crippen LogP contribution in [0.1, 0.15) is 252 Å². The van der Waals surface area contributed by atoms with Crippen LogP contribution in [-0.4, -0.2) is 79.7 Å². The number of aryl methyl sites for hydroxylation is 9. The number of hydrogen-bond acceptors (Lipinski definition) is 13. The number of pyridine rings is 3. The van der Waals surface area contributed by atoms with Crippen molar-refractivity contribution in [1.29, 1.82) is 0 Å². The van der Waals surface area contributed by atoms with Gasteiger partial charge in [0.1, 0.15) is 5.75 Å². The zero-order valence-corrected chi connectivity index (χ0v) is 90.6. The summed E-state index contributed by atoms with van der Waals surface area (Å²) in [5.74, 6) is 3.65. The second kappa shape index (κ2) is 71.5. The van der Waals surface area contributed by atoms with Gasteiger partial charge in [0, 0.05) is 107 Å². The number of nitrogens with one attached hydrogen (secondary N) is 3. The smallest absolute Gasteiger partial charge is 0.326 e. The number of aromatic nitrogens is 9. The number of para-hydroxylation sites is 4. The Hall–Kier alpha value is -13.0. The van der Waals surface area contributed by atoms with E-state index in [1.54, 1.807) is 62.8 Å². The minimum atomic E-state index is -0.0637. The molecule has 2 aliphatic carbocycles. The third-order valence-electron chi connectivity index (χ3n) is 19.7. The molecular weight excluding hydrogens is 1730 g/mol. The molecule has 22 rings (SSSR count). The highest BCUT2D eigenvalue weighted by Crippen LogP contribution is 2.34. The lowest BCUT2D eigenvalue weighted by atomic mass is 10.0. The molecule has 0 bridgehead atoms. The van der Waals surface area contributed by atoms with Gasteiger partial charge in [-0.2, -0.15) is 0 Å². The first kappa shape index (κ1) is 122. The van der Waals surface area contributed by atoms with E-state index in [1.165, 1.54) is 78.7 Å². The summed E-state index contributed by atoms with van der Waals surface area (Å²) >= 11 is 3.35. The molecule has 4 aliphatic heterocycles. The van der Waals surface area contributed by atoms with Crippen LogP contribution in [0, 0.1) is 48.5 Å². The van der Waals surface area contributed by atoms with E-state index >= 15 is 0 Å². The van der Waals surface area contributed by atoms with Gasteiger partial charge in [0.25, 0.3) is 11.5 Å². The second-order valence-electron chi connectivity index (χ2n) is 28.6. The molecule has 12 heterocycles. The van der Waals surface area contributed by atoms with Crippen molar-refractivity contribution in [1.82, 2.24) is 53.9 Å². The number of carbonyl (C=O) groups excluding carboxylic acids is 1. The third kappa shape index (κ3) is 40.1. The number of ether oxygens (including phenoxy) is 3. The Morgan fingerprint density at radius 3 is 1.76 bits per heavy atom. The van der Waals surface area contributed by atoms with E-state index in [2.05, 4.69) is 183 Å². The molecule has 8 aromatic heterocycles. The molecule has 8 aromatic carbocycles. The number of rotatable bonds is 0. The average Bonchev–Trinajstić information content (AvgIpc) is 1.38. The van der Waals surface area contributed by atoms with Gasteiger partial charge in [-0.1, -0.05) is 304 Å². The Morgan fingerprint density at radius 2 is 1.09 bits per heavy atom. The first-order valence-electron chi connectivity index (χ1n) is 49.4. The van der Waals surface area contributed by atoms with Crippen LogP contribution in [0.5, 0.6) is 17.2 Å². The van der Waals surface area contributed by atoms with Crippen LogP contribution in [0.15, 0.2) is 293 Å². The first-order chi connectivity index (χ1) is 66.8. The first-order valence-corrected chi connectivity index (χ1v) is 51.2. The molecular formula is C118H163N11O6S2. The monoisotopic (exact) mass is 1890 g/mol. The number of hydrazine groups is 1. The molecule has 16 aromatic rings. The van der Waals surface area contributed by atoms with E-state index in [1.807, 2.05) is 349 Å². The molecule has 0 radical (unpaired) electrons. The molecule has 0 fully saturated rings. The Balaban J connectivity index is 0.000000738. The molecule has 137 heavy (non-hydrogen) atoms. The number of carbonyl (C=O) groups is 1. The minimum Gasteiger partial charge on any atom is -0.493 e. The molecule has 1 atom stereocenters. The van der Waals surface area contributed by atoms with Crippen LogP contribution in [-0.2, 0) is 31.1 Å². The standard InChI is InChI=1S/C10H9NO.C10H10.C10H12.C9H10N2O.C9H8N2.C9H9N.C9H10O.C8H8N2O.C8H7NS.C8H8O2.C6H6N2S.11C2H6/c1-7-6-8-4-2-3-5-9(8)11-10(7)12;1-8-6-9-4-2-3-5-10(9)7-8;1-8-6-7-9-4-2-3-5-10(8)9;1-8-4-7-10-5-2-3-6-11(10)9(8)12;1-7-2-3-8-6-10-5-4-9(8)11-7;1-7-6-10-9-5-3-2-4-8(7)9;1-7-2-3-9-8(6-7)4-5-10-9;1-10-7-5-3-2-4-6(7)9-8(10)11;2*1-6-2-3-7-8(4-6)10-5-9-7;1-5-4-7-6-8(5)2-3-9-6;11*1-2/h2-6H,1H3,(H,11,12);2-6H,7H2,1H3;2-5,8H,6-7H2,1H3;2-6H,7H2,1H3;2-6H,1H3;2-6,10H,1H3;2-3,6H,4-5H2,1H3;2-5H,1H3,(H,9,11);2-5H,1H3;2-4H,5H2,1H3;2-4H,1H3;11*1-2H3. The topological polar surface area (TPSA) is 194 Å². The number of aromatic amines is 3. The molecule has 1 amide bonds. The van der Waals surface area contributed by atoms with E-state index in [9.17, 15) is 14.4 Å². The number of thiazole rings is 2. The summed E-state index contributed by atoms with van der Waals surface area (Å²) in [6.45, 7) is 66.5. The van der Waals surface area contributed by atoms with Gasteiger partial charge in [0.05, 0.1) is 45.4 Å². The Labute approximate surface area is 830 Å². The van der Waals surface area contributed by atoms with Crippen LogP contribution < -0.4 is 25.5 Å². The number of H-pyrrole nitrogens is 3. The lowest BCUT2D eigenvalue weighted by Crippen LogP contribution is -2.44. The van der Waals surface area contributed by atoms with Gasteiger partial charge in [0.15, 0.2) is 16.5 Å². The highest BCUT2D eigenvalue weighted by atomic mass is 32.1. The molecule has 1 unspecified atom stereocenters. The minimum absolute atomic E-state index is 0.00583. The SMILES string of the molecule is CC.CC.CC.CC.CC.CC.CC.CC.CC.CC.CC.CC1=CCN2C=CC=CN2C1=O.CC1=Cc2ccccc2C1.CC1CCc2ccccc21.Cc1c[nH]c2ccccc12.Cc1cc2ccccc2[nH]c1=O.Cc1ccc2c(c1)CCO2.Cc1ccc2c(c1)OCO2.Cc1ccc2cnccc2n1.Cc1ccc2ncsc2c1.Cc1cnc2sccn12.Cn1c(=O)[nH]c2ccccc21. The number of allylic oxidation sites excluding steroid dienone is 3. The van der Waals surface area contributed by atoms with E-state index in [0.717, 1.165) is 109 Å². The predicted octanol–water partition coefficient (Wildman–Crippen LogP) is 32.8. The summed E-state index contributed by atoms with van der Waals surface area (Å²) in [5.41, 5.74) is 25.7. The van der Waals surface area contributed by atoms with Crippen molar-refractivity contribution < 1.29 is 19.0 Å². The maximum atomic E-state index is 11.5. The summed E-state index contributed by atoms with van der Waals surface area (Å²) in [6.07, 6.45) is 26.0. The molecule has 738 valence electrons. The fraction of sp³-hybridized carbons (Fsp3) is 0.347. The van der Waals surface area contributed by atoms with Crippen LogP contribution >= 0.6 is 22.7 Å². The van der Waals surface area contributed by atoms with Crippen LogP contribution in [0.3, 0.4) is 0 Å². The summed E-state index contributed by atoms with van der Waals surface area (Å²) in [5, 5.41) is 9.02. The van der Waals surface area contributed by atoms with Gasteiger partial charge >= 0.3 is 5.69 Å². The van der Waals surface area contributed by atoms with Gasteiger partial charge in [-0.25, -0.2) is 19.8 Å². The number of amides is 1. The lowest BCUT2D eigenvalue weighted by molar-refractivity contribution is -0.135. The summed E-state index contributed by atoms with van der Waals surface area (Å²) in [7, 11) is 1.75. The fourth-order valence-corrected chi connectivity index (χ4v) is 14.9. The summed E-state index contributed by atoms with van der Waals surface area (Å²) in [6, 6.07) is 67.4. The largest absolute Gasteiger partial charge is 0.493 e. The molecule has 6 aliphatic rings. The summed E-state index contributed by atoms with van der Waals surface area (Å²) < 4.78 is 20.6. The van der Waals surface area contributed by atoms with Crippen molar-refractivity contribution in [3.05, 3.63) is 372 Å². The van der Waals surface area contributed by atoms with Crippen molar-refractivity contribution >= 4 is 93.6 Å². The van der Waals surface area contributed by atoms with E-state index in [-0.39, 0.29) is 17.2 Å². The molecule has 3 N–H and O–H groups in total. The number of nitrogens with zero attached hydrogens (tertiary/aromatic N) is 8. The molecule has 0 saturated carbocycles. The average molecular weight is 1900 g/mol. The van der Waals surface area contributed by atoms with Crippen LogP contribution in [0.2, 0.25) is 0 Å². The molecule has 0 spiro atoms. The van der Waals surface area contributed by atoms with Crippen LogP contribution in [0.25, 0.3) is 65.0 Å². The number of fused-ring (bicyclic) bond motifs is 11. The van der Waals surface area contributed by atoms with Gasteiger partial charge in [-0.15, -0.1) is 22.7 Å². The number of hydrogen-bond donors (Lipinski definition) is 3. The Kier molecular flexibility index (Phi) is 63.7. The van der Waals surface area contributed by atoms with E-state index < -0.39 is 0 Å². The number of imidazole rings is 2. The number of benzene rings is 8. The second-order valence-corrected chi connectivity index (χ2v) is 30.4. The third-order valence-corrected chi connectivity index (χ3v) is 21.3. The Bertz CT molecular complexity index is 6200. The molecule has 19 heteroatoms. The highest BCUT2D eigenvalue weighted by molar-refractivity contribution is 7.16. The van der Waals surface area contributed by atoms with Crippen molar-refractivity contribution in [2.24, 2.45) is 7.05 Å². The maximum Gasteiger partial charge on any atom is 0.326 e. The van der Waals surface area contributed by atoms with Crippen molar-refractivity contribution in [3.8, 4) is 17.2 Å². The van der Waals surface area contributed by atoms with Gasteiger partial charge in [0.2, 0.25) is 6.79 Å². The normalized spacial score (nSPS) is 11.9. The quantitative estimate of drug-likeness (QED) is 0.131. The van der Waals surface area contributed by atoms with E-state index in [4.69, 9.17) is 14.2 Å². The zero-order valence-electron chi connectivity index (χ0n) is 88.9. The fourth-order valence-electron chi connectivity index (χ4n) is 13.3. The van der Waals surface area contributed by atoms with Crippen molar-refractivity contribution in [2.45, 2.75) is 253 Å². The maximum absolute atomic E-state index is 11.5. The summed E-state index contributed by atoms with van der Waals surface area (Å²) in [4.78, 5) is 60.2. The molecule has 17 nitrogen and oxygen atoms in total. The van der Waals surface area contributed by atoms with Gasteiger partial charge in [-0.05, 0) is 228 Å². The zero-order chi connectivity index (χ0) is 103. The Morgan fingerprint density at radius 1 is 0.489 bits per heavy atom. The van der Waals surface area contributed by atoms with Crippen molar-refractivity contribution in [2.75, 3.05) is 19.9 Å². The van der Waals surface area contributed by atoms with Gasteiger partial charge < -0.3 is 29.2 Å². The van der Waals surface area contributed by atoms with Crippen LogP contribution in [0.4, 0.5) is 0 Å². The van der Waals surface area contributed by atoms with Crippen molar-refractivity contribution in [3.63, 3.8) is 0 Å². The molecule has 0 saturated heterocycles. The predicted molar refractivity (Wildman–Crippen MR) is 597 cm³/mol. The van der Waals surface area contributed by atoms with E-state index in [0.29, 0.717) is 6.79 Å². The highest BCUT2D eigenvalue weighted by Gasteiger charge is 2.23. The lowest BCUT2D eigenvalue weighted by Gasteiger charge is -2.35. The van der Waals surface area contributed by atoms with Gasteiger partial charge in [-0.3, -0.25) is 33.5 Å².